The smallest absolute Gasteiger partial charge is 0.265 e. The molecule has 0 bridgehead atoms. The molecule has 1 fully saturated rings. The number of halogens is 1. The van der Waals surface area contributed by atoms with Crippen LogP contribution in [0.25, 0.3) is 11.0 Å². The number of aryl methyl sites for hydroxylation is 1. The van der Waals surface area contributed by atoms with Crippen LogP contribution in [0, 0.1) is 6.92 Å². The SMILES string of the molecule is Cc1nn(C2CCCCO2)c2nc(Cl)n(C)c(=O)c12. The second-order valence-electron chi connectivity index (χ2n) is 4.79. The Bertz CT molecular complexity index is 685. The van der Waals surface area contributed by atoms with Gasteiger partial charge in [0, 0.05) is 13.7 Å². The van der Waals surface area contributed by atoms with Crippen LogP contribution in [-0.4, -0.2) is 25.9 Å². The van der Waals surface area contributed by atoms with Gasteiger partial charge in [0.2, 0.25) is 5.28 Å². The molecule has 0 saturated carbocycles. The molecule has 7 heteroatoms. The molecule has 0 amide bonds. The molecule has 0 N–H and O–H groups in total. The maximum atomic E-state index is 12.2. The van der Waals surface area contributed by atoms with Gasteiger partial charge in [-0.25, -0.2) is 4.68 Å². The van der Waals surface area contributed by atoms with Crippen molar-refractivity contribution in [3.8, 4) is 0 Å². The van der Waals surface area contributed by atoms with Gasteiger partial charge in [-0.1, -0.05) is 0 Å². The lowest BCUT2D eigenvalue weighted by atomic mass is 10.2. The average Bonchev–Trinajstić information content (AvgIpc) is 2.74. The van der Waals surface area contributed by atoms with Crippen molar-refractivity contribution in [1.29, 1.82) is 0 Å². The number of rotatable bonds is 1. The minimum atomic E-state index is -0.172. The summed E-state index contributed by atoms with van der Waals surface area (Å²) in [7, 11) is 1.60. The Balaban J connectivity index is 2.24. The summed E-state index contributed by atoms with van der Waals surface area (Å²) in [6, 6.07) is 0. The Morgan fingerprint density at radius 3 is 2.89 bits per heavy atom. The first-order valence-electron chi connectivity index (χ1n) is 6.32. The number of nitrogens with zero attached hydrogens (tertiary/aromatic N) is 4. The zero-order valence-electron chi connectivity index (χ0n) is 10.9. The van der Waals surface area contributed by atoms with Gasteiger partial charge in [0.1, 0.15) is 5.39 Å². The van der Waals surface area contributed by atoms with Crippen LogP contribution in [0.3, 0.4) is 0 Å². The summed E-state index contributed by atoms with van der Waals surface area (Å²) in [6.45, 7) is 2.52. The fourth-order valence-electron chi connectivity index (χ4n) is 2.42. The summed E-state index contributed by atoms with van der Waals surface area (Å²) in [5.74, 6) is 0. The largest absolute Gasteiger partial charge is 0.356 e. The van der Waals surface area contributed by atoms with Gasteiger partial charge in [-0.3, -0.25) is 9.36 Å². The molecule has 3 heterocycles. The van der Waals surface area contributed by atoms with Crippen molar-refractivity contribution in [3.63, 3.8) is 0 Å². The number of ether oxygens (including phenoxy) is 1. The second kappa shape index (κ2) is 4.61. The molecule has 0 aliphatic carbocycles. The van der Waals surface area contributed by atoms with Crippen molar-refractivity contribution in [3.05, 3.63) is 21.3 Å². The molecule has 2 aromatic heterocycles. The molecule has 0 radical (unpaired) electrons. The van der Waals surface area contributed by atoms with Gasteiger partial charge >= 0.3 is 0 Å². The van der Waals surface area contributed by atoms with Crippen LogP contribution in [0.2, 0.25) is 5.28 Å². The summed E-state index contributed by atoms with van der Waals surface area (Å²) in [5.41, 5.74) is 1.00. The minimum Gasteiger partial charge on any atom is -0.356 e. The highest BCUT2D eigenvalue weighted by atomic mass is 35.5. The van der Waals surface area contributed by atoms with Gasteiger partial charge in [-0.05, 0) is 37.8 Å². The van der Waals surface area contributed by atoms with Crippen LogP contribution in [0.5, 0.6) is 0 Å². The van der Waals surface area contributed by atoms with Gasteiger partial charge in [0.25, 0.3) is 5.56 Å². The van der Waals surface area contributed by atoms with Crippen molar-refractivity contribution >= 4 is 22.6 Å². The fourth-order valence-corrected chi connectivity index (χ4v) is 2.58. The monoisotopic (exact) mass is 282 g/mol. The highest BCUT2D eigenvalue weighted by Crippen LogP contribution is 2.26. The van der Waals surface area contributed by atoms with Gasteiger partial charge in [-0.2, -0.15) is 10.1 Å². The van der Waals surface area contributed by atoms with E-state index in [1.807, 2.05) is 0 Å². The zero-order valence-corrected chi connectivity index (χ0v) is 11.6. The fraction of sp³-hybridized carbons (Fsp3) is 0.583. The Kier molecular flexibility index (Phi) is 3.06. The van der Waals surface area contributed by atoms with Crippen molar-refractivity contribution in [2.75, 3.05) is 6.61 Å². The quantitative estimate of drug-likeness (QED) is 0.748. The first-order valence-corrected chi connectivity index (χ1v) is 6.70. The second-order valence-corrected chi connectivity index (χ2v) is 5.13. The molecule has 102 valence electrons. The molecule has 3 rings (SSSR count). The molecule has 1 aliphatic rings. The van der Waals surface area contributed by atoms with Gasteiger partial charge in [0.05, 0.1) is 5.69 Å². The van der Waals surface area contributed by atoms with E-state index in [0.717, 1.165) is 19.3 Å². The number of hydrogen-bond acceptors (Lipinski definition) is 4. The summed E-state index contributed by atoms with van der Waals surface area (Å²) in [4.78, 5) is 16.5. The molecule has 2 aromatic rings. The molecule has 0 spiro atoms. The first kappa shape index (κ1) is 12.6. The van der Waals surface area contributed by atoms with Crippen molar-refractivity contribution in [2.45, 2.75) is 32.4 Å². The topological polar surface area (TPSA) is 61.9 Å². The molecule has 6 nitrogen and oxygen atoms in total. The molecule has 1 aliphatic heterocycles. The van der Waals surface area contributed by atoms with Crippen LogP contribution < -0.4 is 5.56 Å². The highest BCUT2D eigenvalue weighted by molar-refractivity contribution is 6.28. The summed E-state index contributed by atoms with van der Waals surface area (Å²) in [5, 5.41) is 5.09. The predicted molar refractivity (Wildman–Crippen MR) is 71.4 cm³/mol. The normalized spacial score (nSPS) is 20.1. The van der Waals surface area contributed by atoms with Gasteiger partial charge in [-0.15, -0.1) is 0 Å². The molecule has 1 unspecified atom stereocenters. The van der Waals surface area contributed by atoms with E-state index in [4.69, 9.17) is 16.3 Å². The summed E-state index contributed by atoms with van der Waals surface area (Å²) in [6.07, 6.45) is 2.87. The van der Waals surface area contributed by atoms with E-state index in [1.165, 1.54) is 4.57 Å². The Labute approximate surface area is 114 Å². The van der Waals surface area contributed by atoms with Crippen LogP contribution in [-0.2, 0) is 11.8 Å². The van der Waals surface area contributed by atoms with E-state index in [9.17, 15) is 4.79 Å². The lowest BCUT2D eigenvalue weighted by molar-refractivity contribution is -0.0371. The maximum absolute atomic E-state index is 12.2. The lowest BCUT2D eigenvalue weighted by Gasteiger charge is -2.23. The third kappa shape index (κ3) is 1.95. The lowest BCUT2D eigenvalue weighted by Crippen LogP contribution is -2.22. The molecule has 0 aromatic carbocycles. The van der Waals surface area contributed by atoms with Crippen molar-refractivity contribution < 1.29 is 4.74 Å². The number of hydrogen-bond donors (Lipinski definition) is 0. The van der Waals surface area contributed by atoms with E-state index < -0.39 is 0 Å². The third-order valence-electron chi connectivity index (χ3n) is 3.48. The van der Waals surface area contributed by atoms with E-state index in [1.54, 1.807) is 18.7 Å². The molecule has 1 atom stereocenters. The standard InChI is InChI=1S/C12H15ClN4O2/c1-7-9-10(14-12(13)16(2)11(9)18)17(15-7)8-5-3-4-6-19-8/h8H,3-6H2,1-2H3. The van der Waals surface area contributed by atoms with E-state index in [0.29, 0.717) is 23.3 Å². The number of fused-ring (bicyclic) bond motifs is 1. The maximum Gasteiger partial charge on any atom is 0.265 e. The van der Waals surface area contributed by atoms with E-state index >= 15 is 0 Å². The Morgan fingerprint density at radius 2 is 2.21 bits per heavy atom. The van der Waals surface area contributed by atoms with Crippen LogP contribution in [0.4, 0.5) is 0 Å². The van der Waals surface area contributed by atoms with E-state index in [-0.39, 0.29) is 17.1 Å². The summed E-state index contributed by atoms with van der Waals surface area (Å²) < 4.78 is 8.72. The van der Waals surface area contributed by atoms with Crippen LogP contribution in [0.1, 0.15) is 31.2 Å². The molecule has 1 saturated heterocycles. The minimum absolute atomic E-state index is 0.152. The number of aromatic nitrogens is 4. The molecule has 19 heavy (non-hydrogen) atoms. The Morgan fingerprint density at radius 1 is 1.42 bits per heavy atom. The van der Waals surface area contributed by atoms with Crippen LogP contribution in [0.15, 0.2) is 4.79 Å². The average molecular weight is 283 g/mol. The third-order valence-corrected chi connectivity index (χ3v) is 3.82. The van der Waals surface area contributed by atoms with Crippen LogP contribution >= 0.6 is 11.6 Å². The van der Waals surface area contributed by atoms with E-state index in [2.05, 4.69) is 10.1 Å². The highest BCUT2D eigenvalue weighted by Gasteiger charge is 2.23. The zero-order chi connectivity index (χ0) is 13.6. The first-order chi connectivity index (χ1) is 9.09. The van der Waals surface area contributed by atoms with Crippen molar-refractivity contribution in [1.82, 2.24) is 19.3 Å². The van der Waals surface area contributed by atoms with Crippen molar-refractivity contribution in [2.24, 2.45) is 7.05 Å². The predicted octanol–water partition coefficient (Wildman–Crippen LogP) is 1.79. The Hall–Kier alpha value is -1.40. The van der Waals surface area contributed by atoms with Gasteiger partial charge in [0.15, 0.2) is 11.9 Å². The van der Waals surface area contributed by atoms with Gasteiger partial charge < -0.3 is 4.74 Å². The molecular weight excluding hydrogens is 268 g/mol. The molecular formula is C12H15ClN4O2. The summed E-state index contributed by atoms with van der Waals surface area (Å²) >= 11 is 5.98.